The van der Waals surface area contributed by atoms with Crippen molar-refractivity contribution in [3.05, 3.63) is 76.7 Å². The van der Waals surface area contributed by atoms with Crippen LogP contribution in [0.1, 0.15) is 56.3 Å². The first-order valence-corrected chi connectivity index (χ1v) is 12.5. The summed E-state index contributed by atoms with van der Waals surface area (Å²) < 4.78 is 14.0. The third kappa shape index (κ3) is 5.03. The summed E-state index contributed by atoms with van der Waals surface area (Å²) in [5, 5.41) is 8.92. The number of ether oxygens (including phenoxy) is 2. The van der Waals surface area contributed by atoms with E-state index in [9.17, 15) is 14.4 Å². The molecule has 10 heteroatoms. The van der Waals surface area contributed by atoms with Gasteiger partial charge in [-0.1, -0.05) is 17.8 Å². The number of rotatable bonds is 9. The summed E-state index contributed by atoms with van der Waals surface area (Å²) in [5.74, 6) is -0.975. The van der Waals surface area contributed by atoms with Crippen molar-refractivity contribution in [2.24, 2.45) is 0 Å². The van der Waals surface area contributed by atoms with Gasteiger partial charge in [-0.3, -0.25) is 9.20 Å². The first-order chi connectivity index (χ1) is 17.3. The largest absolute Gasteiger partial charge is 0.462 e. The minimum atomic E-state index is -0.541. The number of nitrogens with zero attached hydrogens (tertiary/aromatic N) is 4. The van der Waals surface area contributed by atoms with Gasteiger partial charge in [0.15, 0.2) is 16.6 Å². The molecule has 0 saturated heterocycles. The van der Waals surface area contributed by atoms with Crippen LogP contribution in [0.3, 0.4) is 0 Å². The fraction of sp³-hybridized carbons (Fsp3) is 0.269. The fourth-order valence-electron chi connectivity index (χ4n) is 3.97. The van der Waals surface area contributed by atoms with E-state index in [4.69, 9.17) is 9.47 Å². The van der Waals surface area contributed by atoms with E-state index in [1.165, 1.54) is 17.8 Å². The summed E-state index contributed by atoms with van der Waals surface area (Å²) in [6.45, 7) is 7.54. The molecule has 0 spiro atoms. The number of fused-ring (bicyclic) bond motifs is 1. The van der Waals surface area contributed by atoms with Gasteiger partial charge in [0.2, 0.25) is 0 Å². The van der Waals surface area contributed by atoms with Crippen LogP contribution in [-0.2, 0) is 9.47 Å². The van der Waals surface area contributed by atoms with Crippen molar-refractivity contribution >= 4 is 35.1 Å². The number of Topliss-reactive ketones (excluding diaryl/α,β-unsaturated/α-hetero) is 1. The smallest absolute Gasteiger partial charge is 0.338 e. The SMILES string of the molecule is CCOC(=O)c1cc(C(=O)OCC)cc(-n2c(C)cc(C(=O)CSc3nnc4ccccn34)c2C)c1. The topological polar surface area (TPSA) is 105 Å². The molecule has 0 bridgehead atoms. The maximum atomic E-state index is 13.2. The Morgan fingerprint density at radius 1 is 0.917 bits per heavy atom. The van der Waals surface area contributed by atoms with Crippen molar-refractivity contribution in [1.29, 1.82) is 0 Å². The predicted molar refractivity (Wildman–Crippen MR) is 135 cm³/mol. The minimum absolute atomic E-state index is 0.0702. The van der Waals surface area contributed by atoms with Crippen molar-refractivity contribution in [3.8, 4) is 5.69 Å². The Bertz CT molecular complexity index is 1420. The maximum absolute atomic E-state index is 13.2. The molecule has 4 aromatic rings. The van der Waals surface area contributed by atoms with Crippen LogP contribution in [0, 0.1) is 13.8 Å². The number of benzene rings is 1. The molecule has 0 aliphatic carbocycles. The molecule has 3 aromatic heterocycles. The van der Waals surface area contributed by atoms with Gasteiger partial charge in [0, 0.05) is 28.8 Å². The summed E-state index contributed by atoms with van der Waals surface area (Å²) in [4.78, 5) is 38.1. The highest BCUT2D eigenvalue weighted by atomic mass is 32.2. The van der Waals surface area contributed by atoms with Crippen molar-refractivity contribution in [2.75, 3.05) is 19.0 Å². The predicted octanol–water partition coefficient (Wildman–Crippen LogP) is 4.47. The quantitative estimate of drug-likeness (QED) is 0.186. The Kier molecular flexibility index (Phi) is 7.54. The van der Waals surface area contributed by atoms with Crippen molar-refractivity contribution in [3.63, 3.8) is 0 Å². The molecule has 0 fully saturated rings. The summed E-state index contributed by atoms with van der Waals surface area (Å²) in [5.41, 5.74) is 3.76. The molecule has 0 radical (unpaired) electrons. The van der Waals surface area contributed by atoms with Crippen molar-refractivity contribution < 1.29 is 23.9 Å². The van der Waals surface area contributed by atoms with Gasteiger partial charge in [0.05, 0.1) is 30.1 Å². The van der Waals surface area contributed by atoms with E-state index in [2.05, 4.69) is 10.2 Å². The number of pyridine rings is 1. The van der Waals surface area contributed by atoms with Gasteiger partial charge in [0.1, 0.15) is 0 Å². The third-order valence-corrected chi connectivity index (χ3v) is 6.49. The van der Waals surface area contributed by atoms with Crippen LogP contribution in [0.4, 0.5) is 0 Å². The average Bonchev–Trinajstić information content (AvgIpc) is 3.42. The molecule has 0 aliphatic heterocycles. The van der Waals surface area contributed by atoms with Gasteiger partial charge in [-0.15, -0.1) is 10.2 Å². The summed E-state index contributed by atoms with van der Waals surface area (Å²) in [7, 11) is 0. The third-order valence-electron chi connectivity index (χ3n) is 5.54. The zero-order chi connectivity index (χ0) is 25.8. The fourth-order valence-corrected chi connectivity index (χ4v) is 4.78. The van der Waals surface area contributed by atoms with E-state index in [0.717, 1.165) is 5.69 Å². The Hall–Kier alpha value is -3.92. The van der Waals surface area contributed by atoms with Crippen molar-refractivity contribution in [2.45, 2.75) is 32.9 Å². The molecule has 0 unspecified atom stereocenters. The zero-order valence-electron chi connectivity index (χ0n) is 20.5. The van der Waals surface area contributed by atoms with E-state index in [1.807, 2.05) is 47.2 Å². The minimum Gasteiger partial charge on any atom is -0.462 e. The van der Waals surface area contributed by atoms with E-state index in [1.54, 1.807) is 32.0 Å². The highest BCUT2D eigenvalue weighted by Gasteiger charge is 2.21. The second kappa shape index (κ2) is 10.8. The Morgan fingerprint density at radius 2 is 1.58 bits per heavy atom. The number of thioether (sulfide) groups is 1. The van der Waals surface area contributed by atoms with Crippen molar-refractivity contribution in [1.82, 2.24) is 19.2 Å². The van der Waals surface area contributed by atoms with Crippen LogP contribution in [0.15, 0.2) is 53.8 Å². The van der Waals surface area contributed by atoms with Crippen LogP contribution in [-0.4, -0.2) is 55.9 Å². The number of hydrogen-bond acceptors (Lipinski definition) is 8. The molecule has 0 N–H and O–H groups in total. The number of aromatic nitrogens is 4. The Balaban J connectivity index is 1.66. The normalized spacial score (nSPS) is 11.0. The van der Waals surface area contributed by atoms with Crippen LogP contribution < -0.4 is 0 Å². The molecule has 4 rings (SSSR count). The van der Waals surface area contributed by atoms with Gasteiger partial charge < -0.3 is 14.0 Å². The average molecular weight is 507 g/mol. The van der Waals surface area contributed by atoms with E-state index in [-0.39, 0.29) is 35.9 Å². The Labute approximate surface area is 212 Å². The summed E-state index contributed by atoms with van der Waals surface area (Å²) in [6.07, 6.45) is 1.85. The molecule has 186 valence electrons. The van der Waals surface area contributed by atoms with Gasteiger partial charge in [-0.25, -0.2) is 9.59 Å². The molecule has 1 aromatic carbocycles. The monoisotopic (exact) mass is 506 g/mol. The molecule has 0 aliphatic rings. The number of carbonyl (C=O) groups excluding carboxylic acids is 3. The molecule has 3 heterocycles. The lowest BCUT2D eigenvalue weighted by Gasteiger charge is -2.14. The number of carbonyl (C=O) groups is 3. The van der Waals surface area contributed by atoms with Crippen LogP contribution >= 0.6 is 11.8 Å². The molecule has 0 atom stereocenters. The lowest BCUT2D eigenvalue weighted by atomic mass is 10.1. The molecule has 36 heavy (non-hydrogen) atoms. The highest BCUT2D eigenvalue weighted by molar-refractivity contribution is 7.99. The summed E-state index contributed by atoms with van der Waals surface area (Å²) in [6, 6.07) is 12.2. The molecule has 0 saturated carbocycles. The number of aryl methyl sites for hydroxylation is 1. The number of hydrogen-bond donors (Lipinski definition) is 0. The van der Waals surface area contributed by atoms with Gasteiger partial charge in [0.25, 0.3) is 0 Å². The number of esters is 2. The van der Waals surface area contributed by atoms with Crippen LogP contribution in [0.2, 0.25) is 0 Å². The Morgan fingerprint density at radius 3 is 2.22 bits per heavy atom. The number of ketones is 1. The maximum Gasteiger partial charge on any atom is 0.338 e. The van der Waals surface area contributed by atoms with Gasteiger partial charge in [-0.05, 0) is 64.1 Å². The lowest BCUT2D eigenvalue weighted by Crippen LogP contribution is -2.12. The molecule has 9 nitrogen and oxygen atoms in total. The first kappa shape index (κ1) is 25.2. The second-order valence-corrected chi connectivity index (χ2v) is 8.90. The van der Waals surface area contributed by atoms with Crippen LogP contribution in [0.25, 0.3) is 11.3 Å². The van der Waals surface area contributed by atoms with E-state index in [0.29, 0.717) is 27.7 Å². The molecular weight excluding hydrogens is 480 g/mol. The second-order valence-electron chi connectivity index (χ2n) is 7.95. The lowest BCUT2D eigenvalue weighted by molar-refractivity contribution is 0.0525. The highest BCUT2D eigenvalue weighted by Crippen LogP contribution is 2.26. The molecule has 0 amide bonds. The van der Waals surface area contributed by atoms with Crippen LogP contribution in [0.5, 0.6) is 0 Å². The molecular formula is C26H26N4O5S. The van der Waals surface area contributed by atoms with Gasteiger partial charge >= 0.3 is 11.9 Å². The standard InChI is InChI=1S/C26H26N4O5S/c1-5-34-24(32)18-12-19(25(33)35-6-2)14-20(13-18)30-16(3)11-21(17(30)4)22(31)15-36-26-28-27-23-9-7-8-10-29(23)26/h7-14H,5-6,15H2,1-4H3. The van der Waals surface area contributed by atoms with E-state index < -0.39 is 11.9 Å². The first-order valence-electron chi connectivity index (χ1n) is 11.5. The van der Waals surface area contributed by atoms with E-state index >= 15 is 0 Å². The zero-order valence-corrected chi connectivity index (χ0v) is 21.3. The summed E-state index contributed by atoms with van der Waals surface area (Å²) >= 11 is 1.31. The van der Waals surface area contributed by atoms with Gasteiger partial charge in [-0.2, -0.15) is 0 Å².